The predicted molar refractivity (Wildman–Crippen MR) is 183 cm³/mol. The van der Waals surface area contributed by atoms with Gasteiger partial charge in [-0.2, -0.15) is 0 Å². The highest BCUT2D eigenvalue weighted by molar-refractivity contribution is 6.23. The van der Waals surface area contributed by atoms with Crippen molar-refractivity contribution < 1.29 is 9.90 Å². The van der Waals surface area contributed by atoms with Gasteiger partial charge in [0, 0.05) is 10.8 Å². The topological polar surface area (TPSA) is 13.1 Å². The summed E-state index contributed by atoms with van der Waals surface area (Å²) in [5.41, 5.74) is 5.77. The lowest BCUT2D eigenvalue weighted by atomic mass is 9.84. The van der Waals surface area contributed by atoms with Crippen molar-refractivity contribution in [2.24, 2.45) is 0 Å². The molecule has 1 aromatic heterocycles. The average molecular weight is 551 g/mol. The van der Waals surface area contributed by atoms with E-state index in [0.717, 1.165) is 70.9 Å². The van der Waals surface area contributed by atoms with E-state index in [1.807, 2.05) is 78.9 Å². The molecule has 0 aliphatic heterocycles. The minimum atomic E-state index is -0.200. The van der Waals surface area contributed by atoms with E-state index in [4.69, 9.17) is 7.16 Å². The van der Waals surface area contributed by atoms with Gasteiger partial charge >= 0.3 is 0 Å². The summed E-state index contributed by atoms with van der Waals surface area (Å²) in [5, 5.41) is 7.95. The van der Waals surface area contributed by atoms with Gasteiger partial charge in [-0.3, -0.25) is 0 Å². The molecule has 0 fully saturated rings. The standard InChI is InChI=1S/C42H26O/c1-2-15-31-27(11-1)12-10-21-33(31)42-36-19-5-3-17-34(36)41(35-18-4-6-20-37(35)42)30-14-9-13-28(25-30)29-23-24-40-38(26-29)32-16-7-8-22-39(32)43-40/h1-26H/i9D,13D,14D,25D. The van der Waals surface area contributed by atoms with Crippen LogP contribution in [-0.2, 0) is 0 Å². The van der Waals surface area contributed by atoms with Crippen molar-refractivity contribution in [2.75, 3.05) is 0 Å². The Morgan fingerprint density at radius 1 is 0.419 bits per heavy atom. The number of hydrogen-bond acceptors (Lipinski definition) is 1. The van der Waals surface area contributed by atoms with Crippen LogP contribution in [0.15, 0.2) is 162 Å². The highest BCUT2D eigenvalue weighted by atomic mass is 16.3. The molecule has 0 radical (unpaired) electrons. The maximum Gasteiger partial charge on any atom is 0.135 e. The zero-order chi connectivity index (χ0) is 31.8. The lowest BCUT2D eigenvalue weighted by Crippen LogP contribution is -1.92. The fourth-order valence-electron chi connectivity index (χ4n) is 6.63. The maximum atomic E-state index is 9.66. The Morgan fingerprint density at radius 2 is 1.00 bits per heavy atom. The fraction of sp³-hybridized carbons (Fsp3) is 0. The third-order valence-corrected chi connectivity index (χ3v) is 8.53. The monoisotopic (exact) mass is 550 g/mol. The summed E-state index contributed by atoms with van der Waals surface area (Å²) in [6.07, 6.45) is 0. The lowest BCUT2D eigenvalue weighted by Gasteiger charge is -2.19. The zero-order valence-electron chi connectivity index (χ0n) is 27.1. The number of fused-ring (bicyclic) bond motifs is 6. The van der Waals surface area contributed by atoms with Crippen molar-refractivity contribution in [3.63, 3.8) is 0 Å². The quantitative estimate of drug-likeness (QED) is 0.199. The Morgan fingerprint density at radius 3 is 1.77 bits per heavy atom. The van der Waals surface area contributed by atoms with E-state index in [0.29, 0.717) is 16.7 Å². The first-order valence-electron chi connectivity index (χ1n) is 16.4. The smallest absolute Gasteiger partial charge is 0.135 e. The highest BCUT2D eigenvalue weighted by Gasteiger charge is 2.18. The molecule has 1 nitrogen and oxygen atoms in total. The summed E-state index contributed by atoms with van der Waals surface area (Å²) in [5.74, 6) is 0. The number of rotatable bonds is 3. The van der Waals surface area contributed by atoms with Crippen LogP contribution in [0.3, 0.4) is 0 Å². The van der Waals surface area contributed by atoms with E-state index in [1.54, 1.807) is 0 Å². The van der Waals surface area contributed by atoms with Gasteiger partial charge in [-0.1, -0.05) is 133 Å². The summed E-state index contributed by atoms with van der Waals surface area (Å²) in [6.45, 7) is 0. The van der Waals surface area contributed by atoms with Crippen molar-refractivity contribution in [3.05, 3.63) is 158 Å². The van der Waals surface area contributed by atoms with Crippen LogP contribution in [0.1, 0.15) is 5.48 Å². The molecule has 0 saturated carbocycles. The summed E-state index contributed by atoms with van der Waals surface area (Å²) in [6, 6.07) is 44.2. The van der Waals surface area contributed by atoms with Crippen LogP contribution >= 0.6 is 0 Å². The minimum absolute atomic E-state index is 0.0661. The molecule has 0 spiro atoms. The Bertz CT molecular complexity index is 2680. The van der Waals surface area contributed by atoms with Gasteiger partial charge < -0.3 is 4.42 Å². The Balaban J connectivity index is 1.39. The van der Waals surface area contributed by atoms with E-state index < -0.39 is 0 Å². The molecule has 0 N–H and O–H groups in total. The van der Waals surface area contributed by atoms with E-state index in [1.165, 1.54) is 0 Å². The summed E-state index contributed by atoms with van der Waals surface area (Å²) in [7, 11) is 0. The van der Waals surface area contributed by atoms with Crippen LogP contribution in [0.25, 0.3) is 87.6 Å². The van der Waals surface area contributed by atoms with Crippen molar-refractivity contribution in [3.8, 4) is 33.4 Å². The number of benzene rings is 8. The van der Waals surface area contributed by atoms with Crippen LogP contribution in [0.2, 0.25) is 0 Å². The molecule has 9 aromatic rings. The molecular formula is C42H26O. The van der Waals surface area contributed by atoms with Crippen LogP contribution in [0, 0.1) is 0 Å². The van der Waals surface area contributed by atoms with Crippen molar-refractivity contribution >= 4 is 54.3 Å². The Hall–Kier alpha value is -5.66. The van der Waals surface area contributed by atoms with Gasteiger partial charge in [0.25, 0.3) is 0 Å². The predicted octanol–water partition coefficient (Wildman–Crippen LogP) is 12.0. The van der Waals surface area contributed by atoms with Gasteiger partial charge in [0.2, 0.25) is 0 Å². The first-order chi connectivity index (χ1) is 23.0. The molecular weight excluding hydrogens is 520 g/mol. The van der Waals surface area contributed by atoms with Crippen LogP contribution in [0.5, 0.6) is 0 Å². The van der Waals surface area contributed by atoms with Gasteiger partial charge in [-0.15, -0.1) is 0 Å². The molecule has 43 heavy (non-hydrogen) atoms. The van der Waals surface area contributed by atoms with E-state index in [-0.39, 0.29) is 24.2 Å². The molecule has 1 heterocycles. The zero-order valence-corrected chi connectivity index (χ0v) is 23.1. The molecule has 0 aliphatic carbocycles. The fourth-order valence-corrected chi connectivity index (χ4v) is 6.63. The van der Waals surface area contributed by atoms with Crippen molar-refractivity contribution in [1.29, 1.82) is 0 Å². The summed E-state index contributed by atoms with van der Waals surface area (Å²) < 4.78 is 42.9. The second-order valence-electron chi connectivity index (χ2n) is 10.9. The normalized spacial score (nSPS) is 13.0. The molecule has 0 aliphatic rings. The molecule has 0 unspecified atom stereocenters. The second kappa shape index (κ2) is 9.44. The number of furan rings is 1. The van der Waals surface area contributed by atoms with Gasteiger partial charge in [-0.05, 0) is 89.9 Å². The van der Waals surface area contributed by atoms with Gasteiger partial charge in [0.05, 0.1) is 5.48 Å². The van der Waals surface area contributed by atoms with Crippen molar-refractivity contribution in [2.45, 2.75) is 0 Å². The van der Waals surface area contributed by atoms with E-state index in [2.05, 4.69) is 54.6 Å². The molecule has 0 bridgehead atoms. The molecule has 1 heteroatoms. The maximum absolute atomic E-state index is 9.66. The molecule has 0 atom stereocenters. The first kappa shape index (κ1) is 20.3. The lowest BCUT2D eigenvalue weighted by molar-refractivity contribution is 0.669. The average Bonchev–Trinajstić information content (AvgIpc) is 3.48. The Labute approximate surface area is 254 Å². The Kier molecular flexibility index (Phi) is 4.45. The van der Waals surface area contributed by atoms with Crippen LogP contribution in [-0.4, -0.2) is 0 Å². The molecule has 200 valence electrons. The minimum Gasteiger partial charge on any atom is -0.456 e. The first-order valence-corrected chi connectivity index (χ1v) is 14.4. The van der Waals surface area contributed by atoms with Gasteiger partial charge in [-0.25, -0.2) is 0 Å². The van der Waals surface area contributed by atoms with Gasteiger partial charge in [0.15, 0.2) is 0 Å². The molecule has 0 saturated heterocycles. The van der Waals surface area contributed by atoms with E-state index in [9.17, 15) is 2.74 Å². The number of hydrogen-bond donors (Lipinski definition) is 0. The van der Waals surface area contributed by atoms with Crippen LogP contribution in [0.4, 0.5) is 0 Å². The van der Waals surface area contributed by atoms with E-state index >= 15 is 0 Å². The molecule has 0 amide bonds. The van der Waals surface area contributed by atoms with Crippen LogP contribution < -0.4 is 0 Å². The summed E-state index contributed by atoms with van der Waals surface area (Å²) >= 11 is 0. The second-order valence-corrected chi connectivity index (χ2v) is 10.9. The molecule has 9 rings (SSSR count). The molecule has 8 aromatic carbocycles. The van der Waals surface area contributed by atoms with Gasteiger partial charge in [0.1, 0.15) is 11.2 Å². The number of para-hydroxylation sites is 1. The third kappa shape index (κ3) is 3.72. The third-order valence-electron chi connectivity index (χ3n) is 8.53. The highest BCUT2D eigenvalue weighted by Crippen LogP contribution is 2.45. The summed E-state index contributed by atoms with van der Waals surface area (Å²) in [4.78, 5) is 0. The van der Waals surface area contributed by atoms with Crippen molar-refractivity contribution in [1.82, 2.24) is 0 Å². The SMILES string of the molecule is [2H]c1c([2H])c(-c2ccc3oc4ccccc4c3c2)c([2H])c(-c2c3ccccc3c(-c3cccc4ccccc34)c3ccccc23)c1[2H]. The largest absolute Gasteiger partial charge is 0.456 e.